The van der Waals surface area contributed by atoms with E-state index in [1.807, 2.05) is 0 Å². The first-order valence-corrected chi connectivity index (χ1v) is 3.39. The molecule has 5 heteroatoms. The molecule has 2 atom stereocenters. The Hall–Kier alpha value is -0.840. The van der Waals surface area contributed by atoms with E-state index in [4.69, 9.17) is 10.2 Å². The van der Waals surface area contributed by atoms with E-state index < -0.39 is 18.3 Å². The standard InChI is InChI=1S/C6H10FNO3/c7-4-1-5(3-9)8(2-4)6(10)11/h4-5,9H,1-3H2,(H,10,11). The molecule has 0 bridgehead atoms. The highest BCUT2D eigenvalue weighted by atomic mass is 19.1. The van der Waals surface area contributed by atoms with Gasteiger partial charge in [-0.1, -0.05) is 0 Å². The third-order valence-electron chi connectivity index (χ3n) is 1.82. The van der Waals surface area contributed by atoms with Crippen LogP contribution in [0.4, 0.5) is 9.18 Å². The van der Waals surface area contributed by atoms with Crippen molar-refractivity contribution in [2.75, 3.05) is 13.2 Å². The van der Waals surface area contributed by atoms with Gasteiger partial charge in [0, 0.05) is 6.42 Å². The third kappa shape index (κ3) is 1.59. The van der Waals surface area contributed by atoms with Crippen LogP contribution in [0.5, 0.6) is 0 Å². The monoisotopic (exact) mass is 163 g/mol. The quantitative estimate of drug-likeness (QED) is 0.575. The average Bonchev–Trinajstić information content (AvgIpc) is 2.30. The number of alkyl halides is 1. The molecule has 0 spiro atoms. The fourth-order valence-electron chi connectivity index (χ4n) is 1.27. The van der Waals surface area contributed by atoms with E-state index in [2.05, 4.69) is 0 Å². The van der Waals surface area contributed by atoms with Gasteiger partial charge in [-0.15, -0.1) is 0 Å². The van der Waals surface area contributed by atoms with Gasteiger partial charge in [0.2, 0.25) is 0 Å². The van der Waals surface area contributed by atoms with Gasteiger partial charge in [0.05, 0.1) is 19.2 Å². The van der Waals surface area contributed by atoms with Gasteiger partial charge < -0.3 is 15.1 Å². The Morgan fingerprint density at radius 3 is 2.73 bits per heavy atom. The first-order chi connectivity index (χ1) is 5.15. The summed E-state index contributed by atoms with van der Waals surface area (Å²) in [4.78, 5) is 11.3. The number of aliphatic hydroxyl groups is 1. The number of amides is 1. The minimum atomic E-state index is -1.16. The number of hydrogen-bond acceptors (Lipinski definition) is 2. The summed E-state index contributed by atoms with van der Waals surface area (Å²) in [5.41, 5.74) is 0. The van der Waals surface area contributed by atoms with Gasteiger partial charge in [0.1, 0.15) is 6.17 Å². The van der Waals surface area contributed by atoms with Crippen LogP contribution in [0.3, 0.4) is 0 Å². The number of likely N-dealkylation sites (tertiary alicyclic amines) is 1. The second-order valence-corrected chi connectivity index (χ2v) is 2.60. The van der Waals surface area contributed by atoms with Crippen LogP contribution in [0, 0.1) is 0 Å². The molecular formula is C6H10FNO3. The van der Waals surface area contributed by atoms with E-state index in [0.717, 1.165) is 4.90 Å². The molecule has 2 unspecified atom stereocenters. The number of hydrogen-bond donors (Lipinski definition) is 2. The van der Waals surface area contributed by atoms with Gasteiger partial charge in [-0.25, -0.2) is 9.18 Å². The Labute approximate surface area is 63.2 Å². The molecule has 1 fully saturated rings. The van der Waals surface area contributed by atoms with Crippen LogP contribution in [0.1, 0.15) is 6.42 Å². The zero-order valence-corrected chi connectivity index (χ0v) is 5.90. The summed E-state index contributed by atoms with van der Waals surface area (Å²) < 4.78 is 12.6. The largest absolute Gasteiger partial charge is 0.465 e. The van der Waals surface area contributed by atoms with Crippen molar-refractivity contribution in [1.29, 1.82) is 0 Å². The predicted octanol–water partition coefficient (Wildman–Crippen LogP) is 0.0691. The fourth-order valence-corrected chi connectivity index (χ4v) is 1.27. The topological polar surface area (TPSA) is 60.8 Å². The van der Waals surface area contributed by atoms with Gasteiger partial charge in [0.25, 0.3) is 0 Å². The van der Waals surface area contributed by atoms with Crippen molar-refractivity contribution in [1.82, 2.24) is 4.90 Å². The van der Waals surface area contributed by atoms with E-state index >= 15 is 0 Å². The number of halogens is 1. The van der Waals surface area contributed by atoms with Crippen molar-refractivity contribution in [3.8, 4) is 0 Å². The van der Waals surface area contributed by atoms with Crippen molar-refractivity contribution in [2.45, 2.75) is 18.6 Å². The van der Waals surface area contributed by atoms with Crippen molar-refractivity contribution in [3.63, 3.8) is 0 Å². The highest BCUT2D eigenvalue weighted by Crippen LogP contribution is 2.19. The molecule has 1 amide bonds. The lowest BCUT2D eigenvalue weighted by atomic mass is 10.2. The van der Waals surface area contributed by atoms with Gasteiger partial charge >= 0.3 is 6.09 Å². The molecule has 1 saturated heterocycles. The van der Waals surface area contributed by atoms with E-state index in [1.165, 1.54) is 0 Å². The molecule has 0 aliphatic carbocycles. The minimum Gasteiger partial charge on any atom is -0.465 e. The Morgan fingerprint density at radius 1 is 1.73 bits per heavy atom. The molecule has 0 radical (unpaired) electrons. The highest BCUT2D eigenvalue weighted by molar-refractivity contribution is 5.66. The third-order valence-corrected chi connectivity index (χ3v) is 1.82. The molecular weight excluding hydrogens is 153 g/mol. The van der Waals surface area contributed by atoms with Crippen LogP contribution >= 0.6 is 0 Å². The normalized spacial score (nSPS) is 30.9. The maximum absolute atomic E-state index is 12.6. The lowest BCUT2D eigenvalue weighted by Gasteiger charge is -2.17. The highest BCUT2D eigenvalue weighted by Gasteiger charge is 2.34. The van der Waals surface area contributed by atoms with Crippen molar-refractivity contribution in [3.05, 3.63) is 0 Å². The molecule has 0 aromatic carbocycles. The summed E-state index contributed by atoms with van der Waals surface area (Å²) in [5, 5.41) is 17.1. The van der Waals surface area contributed by atoms with Crippen molar-refractivity contribution >= 4 is 6.09 Å². The van der Waals surface area contributed by atoms with Crippen LogP contribution in [0.25, 0.3) is 0 Å². The first-order valence-electron chi connectivity index (χ1n) is 3.39. The van der Waals surface area contributed by atoms with Crippen LogP contribution in [0.2, 0.25) is 0 Å². The maximum atomic E-state index is 12.6. The SMILES string of the molecule is O=C(O)N1CC(F)CC1CO. The number of nitrogens with zero attached hydrogens (tertiary/aromatic N) is 1. The summed E-state index contributed by atoms with van der Waals surface area (Å²) >= 11 is 0. The molecule has 1 heterocycles. The molecule has 1 aliphatic rings. The first kappa shape index (κ1) is 8.26. The maximum Gasteiger partial charge on any atom is 0.407 e. The molecule has 4 nitrogen and oxygen atoms in total. The molecule has 0 saturated carbocycles. The Bertz CT molecular complexity index is 164. The zero-order chi connectivity index (χ0) is 8.43. The molecule has 11 heavy (non-hydrogen) atoms. The van der Waals surface area contributed by atoms with Gasteiger partial charge in [-0.3, -0.25) is 0 Å². The minimum absolute atomic E-state index is 0.111. The smallest absolute Gasteiger partial charge is 0.407 e. The van der Waals surface area contributed by atoms with Crippen LogP contribution in [-0.4, -0.2) is 46.6 Å². The Morgan fingerprint density at radius 2 is 2.36 bits per heavy atom. The lowest BCUT2D eigenvalue weighted by Crippen LogP contribution is -2.36. The molecule has 0 aromatic heterocycles. The van der Waals surface area contributed by atoms with E-state index in [0.29, 0.717) is 0 Å². The van der Waals surface area contributed by atoms with Crippen molar-refractivity contribution < 1.29 is 19.4 Å². The predicted molar refractivity (Wildman–Crippen MR) is 35.1 cm³/mol. The number of carbonyl (C=O) groups is 1. The molecule has 0 aromatic rings. The van der Waals surface area contributed by atoms with E-state index in [-0.39, 0.29) is 19.6 Å². The number of carboxylic acid groups (broad SMARTS) is 1. The van der Waals surface area contributed by atoms with Crippen LogP contribution in [-0.2, 0) is 0 Å². The fraction of sp³-hybridized carbons (Fsp3) is 0.833. The second kappa shape index (κ2) is 3.04. The Kier molecular flexibility index (Phi) is 2.28. The average molecular weight is 163 g/mol. The van der Waals surface area contributed by atoms with Gasteiger partial charge in [-0.05, 0) is 0 Å². The number of aliphatic hydroxyl groups excluding tert-OH is 1. The lowest BCUT2D eigenvalue weighted by molar-refractivity contribution is 0.117. The van der Waals surface area contributed by atoms with Crippen LogP contribution in [0.15, 0.2) is 0 Å². The molecule has 1 rings (SSSR count). The Balaban J connectivity index is 2.57. The van der Waals surface area contributed by atoms with Gasteiger partial charge in [0.15, 0.2) is 0 Å². The van der Waals surface area contributed by atoms with Crippen molar-refractivity contribution in [2.24, 2.45) is 0 Å². The summed E-state index contributed by atoms with van der Waals surface area (Å²) in [6.07, 6.45) is -2.17. The summed E-state index contributed by atoms with van der Waals surface area (Å²) in [6.45, 7) is -0.409. The number of rotatable bonds is 1. The molecule has 2 N–H and O–H groups in total. The zero-order valence-electron chi connectivity index (χ0n) is 5.90. The van der Waals surface area contributed by atoms with Gasteiger partial charge in [-0.2, -0.15) is 0 Å². The summed E-state index contributed by atoms with van der Waals surface area (Å²) in [5.74, 6) is 0. The molecule has 64 valence electrons. The van der Waals surface area contributed by atoms with Crippen LogP contribution < -0.4 is 0 Å². The van der Waals surface area contributed by atoms with E-state index in [1.54, 1.807) is 0 Å². The summed E-state index contributed by atoms with van der Waals surface area (Å²) in [7, 11) is 0. The summed E-state index contributed by atoms with van der Waals surface area (Å²) in [6, 6.07) is -0.553. The van der Waals surface area contributed by atoms with E-state index in [9.17, 15) is 9.18 Å². The second-order valence-electron chi connectivity index (χ2n) is 2.60. The molecule has 1 aliphatic heterocycles.